The van der Waals surface area contributed by atoms with Crippen LogP contribution in [0.15, 0.2) is 18.2 Å². The molecular weight excluding hydrogens is 287 g/mol. The van der Waals surface area contributed by atoms with Crippen LogP contribution in [0.5, 0.6) is 0 Å². The Labute approximate surface area is 102 Å². The molecule has 0 aliphatic rings. The van der Waals surface area contributed by atoms with Gasteiger partial charge in [0.2, 0.25) is 0 Å². The molecule has 0 radical (unpaired) electrons. The van der Waals surface area contributed by atoms with E-state index in [-0.39, 0.29) is 10.6 Å². The van der Waals surface area contributed by atoms with Gasteiger partial charge in [-0.15, -0.1) is 0 Å². The summed E-state index contributed by atoms with van der Waals surface area (Å²) in [6.07, 6.45) is 0.724. The van der Waals surface area contributed by atoms with Crippen molar-refractivity contribution < 1.29 is 4.79 Å². The molecule has 0 aliphatic carbocycles. The van der Waals surface area contributed by atoms with Crippen molar-refractivity contribution in [2.24, 2.45) is 0 Å². The number of benzene rings is 1. The highest BCUT2D eigenvalue weighted by molar-refractivity contribution is 9.10. The lowest BCUT2D eigenvalue weighted by atomic mass is 10.1. The van der Waals surface area contributed by atoms with E-state index in [1.54, 1.807) is 18.2 Å². The Morgan fingerprint density at radius 2 is 2.14 bits per heavy atom. The zero-order valence-corrected chi connectivity index (χ0v) is 10.7. The molecule has 0 spiro atoms. The van der Waals surface area contributed by atoms with Gasteiger partial charge in [-0.3, -0.25) is 4.79 Å². The molecule has 1 atom stereocenters. The van der Waals surface area contributed by atoms with Crippen LogP contribution in [0.4, 0.5) is 0 Å². The molecule has 76 valence electrons. The van der Waals surface area contributed by atoms with Gasteiger partial charge in [0.25, 0.3) is 0 Å². The summed E-state index contributed by atoms with van der Waals surface area (Å²) in [5, 5.41) is 0.964. The molecule has 14 heavy (non-hydrogen) atoms. The Morgan fingerprint density at radius 1 is 1.50 bits per heavy atom. The third-order valence-corrected chi connectivity index (χ3v) is 3.46. The van der Waals surface area contributed by atoms with Crippen LogP contribution in [0, 0.1) is 0 Å². The van der Waals surface area contributed by atoms with Gasteiger partial charge in [0, 0.05) is 10.6 Å². The minimum absolute atomic E-state index is 0.0278. The van der Waals surface area contributed by atoms with Gasteiger partial charge in [-0.25, -0.2) is 0 Å². The molecule has 1 aromatic rings. The summed E-state index contributed by atoms with van der Waals surface area (Å²) in [6.45, 7) is 1.93. The summed E-state index contributed by atoms with van der Waals surface area (Å²) in [5.41, 5.74) is 0.475. The van der Waals surface area contributed by atoms with Crippen LogP contribution in [0.1, 0.15) is 23.7 Å². The van der Waals surface area contributed by atoms with Gasteiger partial charge < -0.3 is 0 Å². The van der Waals surface area contributed by atoms with Crippen LogP contribution in [0.25, 0.3) is 0 Å². The molecule has 1 rings (SSSR count). The number of hydrogen-bond acceptors (Lipinski definition) is 1. The second-order valence-corrected chi connectivity index (χ2v) is 4.81. The molecule has 1 nitrogen and oxygen atoms in total. The lowest BCUT2D eigenvalue weighted by molar-refractivity contribution is 0.0990. The number of rotatable bonds is 3. The number of ketones is 1. The van der Waals surface area contributed by atoms with Gasteiger partial charge in [0.05, 0.1) is 9.85 Å². The third kappa shape index (κ3) is 2.72. The van der Waals surface area contributed by atoms with Crippen LogP contribution in [-0.2, 0) is 0 Å². The van der Waals surface area contributed by atoms with Crippen molar-refractivity contribution in [1.29, 1.82) is 0 Å². The SMILES string of the molecule is CCC(Br)C(=O)c1cc(Cl)ccc1Cl. The largest absolute Gasteiger partial charge is 0.293 e. The highest BCUT2D eigenvalue weighted by Crippen LogP contribution is 2.24. The first-order valence-electron chi connectivity index (χ1n) is 4.19. The average Bonchev–Trinajstić information content (AvgIpc) is 2.19. The lowest BCUT2D eigenvalue weighted by Crippen LogP contribution is -2.13. The Balaban J connectivity index is 3.06. The molecule has 0 amide bonds. The van der Waals surface area contributed by atoms with Crippen LogP contribution in [0.2, 0.25) is 10.0 Å². The summed E-state index contributed by atoms with van der Waals surface area (Å²) in [4.78, 5) is 11.6. The van der Waals surface area contributed by atoms with Gasteiger partial charge in [-0.05, 0) is 24.6 Å². The summed E-state index contributed by atoms with van der Waals surface area (Å²) >= 11 is 15.0. The standard InChI is InChI=1S/C10H9BrCl2O/c1-2-8(11)10(14)7-5-6(12)3-4-9(7)13/h3-5,8H,2H2,1H3. The van der Waals surface area contributed by atoms with E-state index in [0.717, 1.165) is 6.42 Å². The van der Waals surface area contributed by atoms with Gasteiger partial charge in [-0.2, -0.15) is 0 Å². The summed E-state index contributed by atoms with van der Waals surface area (Å²) in [5.74, 6) is -0.0278. The van der Waals surface area contributed by atoms with Crippen LogP contribution >= 0.6 is 39.1 Å². The van der Waals surface area contributed by atoms with Crippen molar-refractivity contribution in [3.63, 3.8) is 0 Å². The molecule has 0 bridgehead atoms. The topological polar surface area (TPSA) is 17.1 Å². The molecular formula is C10H9BrCl2O. The van der Waals surface area contributed by atoms with Gasteiger partial charge >= 0.3 is 0 Å². The van der Waals surface area contributed by atoms with Crippen LogP contribution in [0.3, 0.4) is 0 Å². The average molecular weight is 296 g/mol. The Morgan fingerprint density at radius 3 is 2.71 bits per heavy atom. The molecule has 0 fully saturated rings. The third-order valence-electron chi connectivity index (χ3n) is 1.84. The fourth-order valence-electron chi connectivity index (χ4n) is 1.04. The van der Waals surface area contributed by atoms with Crippen molar-refractivity contribution >= 4 is 44.9 Å². The van der Waals surface area contributed by atoms with Crippen molar-refractivity contribution in [3.05, 3.63) is 33.8 Å². The molecule has 0 saturated carbocycles. The maximum absolute atomic E-state index is 11.8. The molecule has 0 N–H and O–H groups in total. The smallest absolute Gasteiger partial charge is 0.177 e. The highest BCUT2D eigenvalue weighted by atomic mass is 79.9. The number of halogens is 3. The van der Waals surface area contributed by atoms with Crippen LogP contribution < -0.4 is 0 Å². The van der Waals surface area contributed by atoms with E-state index in [0.29, 0.717) is 15.6 Å². The number of alkyl halides is 1. The highest BCUT2D eigenvalue weighted by Gasteiger charge is 2.17. The van der Waals surface area contributed by atoms with Crippen molar-refractivity contribution in [2.45, 2.75) is 18.2 Å². The Hall–Kier alpha value is -0.0500. The number of hydrogen-bond donors (Lipinski definition) is 0. The molecule has 1 aromatic carbocycles. The van der Waals surface area contributed by atoms with Crippen molar-refractivity contribution in [3.8, 4) is 0 Å². The maximum atomic E-state index is 11.8. The van der Waals surface area contributed by atoms with Gasteiger partial charge in [0.1, 0.15) is 0 Å². The Bertz CT molecular complexity index is 352. The fraction of sp³-hybridized carbons (Fsp3) is 0.300. The van der Waals surface area contributed by atoms with Crippen LogP contribution in [-0.4, -0.2) is 10.6 Å². The van der Waals surface area contributed by atoms with E-state index >= 15 is 0 Å². The number of carbonyl (C=O) groups excluding carboxylic acids is 1. The molecule has 1 unspecified atom stereocenters. The van der Waals surface area contributed by atoms with E-state index in [1.165, 1.54) is 0 Å². The minimum atomic E-state index is -0.196. The predicted octanol–water partition coefficient (Wildman–Crippen LogP) is 4.35. The fourth-order valence-corrected chi connectivity index (χ4v) is 1.67. The summed E-state index contributed by atoms with van der Waals surface area (Å²) in [6, 6.07) is 4.89. The van der Waals surface area contributed by atoms with E-state index in [1.807, 2.05) is 6.92 Å². The molecule has 4 heteroatoms. The minimum Gasteiger partial charge on any atom is -0.293 e. The van der Waals surface area contributed by atoms with Gasteiger partial charge in [-0.1, -0.05) is 46.1 Å². The summed E-state index contributed by atoms with van der Waals surface area (Å²) in [7, 11) is 0. The molecule has 0 saturated heterocycles. The monoisotopic (exact) mass is 294 g/mol. The van der Waals surface area contributed by atoms with E-state index in [9.17, 15) is 4.79 Å². The quantitative estimate of drug-likeness (QED) is 0.598. The molecule has 0 heterocycles. The van der Waals surface area contributed by atoms with E-state index in [2.05, 4.69) is 15.9 Å². The first-order chi connectivity index (χ1) is 6.56. The second kappa shape index (κ2) is 5.15. The molecule has 0 aromatic heterocycles. The van der Waals surface area contributed by atoms with E-state index in [4.69, 9.17) is 23.2 Å². The van der Waals surface area contributed by atoms with Gasteiger partial charge in [0.15, 0.2) is 5.78 Å². The predicted molar refractivity (Wildman–Crippen MR) is 63.8 cm³/mol. The lowest BCUT2D eigenvalue weighted by Gasteiger charge is -2.07. The van der Waals surface area contributed by atoms with E-state index < -0.39 is 0 Å². The first-order valence-corrected chi connectivity index (χ1v) is 5.86. The first kappa shape index (κ1) is 12.0. The number of Topliss-reactive ketones (excluding diaryl/α,β-unsaturated/α-hetero) is 1. The van der Waals surface area contributed by atoms with Crippen molar-refractivity contribution in [2.75, 3.05) is 0 Å². The zero-order chi connectivity index (χ0) is 10.7. The zero-order valence-electron chi connectivity index (χ0n) is 7.56. The Kier molecular flexibility index (Phi) is 4.42. The normalized spacial score (nSPS) is 12.6. The maximum Gasteiger partial charge on any atom is 0.177 e. The summed E-state index contributed by atoms with van der Waals surface area (Å²) < 4.78 is 0. The molecule has 0 aliphatic heterocycles. The number of carbonyl (C=O) groups is 1. The van der Waals surface area contributed by atoms with Crippen molar-refractivity contribution in [1.82, 2.24) is 0 Å². The second-order valence-electron chi connectivity index (χ2n) is 2.86.